The number of hydrogen-bond donors (Lipinski definition) is 4. The van der Waals surface area contributed by atoms with Crippen molar-refractivity contribution in [3.05, 3.63) is 0 Å². The fourth-order valence-corrected chi connectivity index (χ4v) is 3.30. The highest BCUT2D eigenvalue weighted by Gasteiger charge is 2.24. The fourth-order valence-electron chi connectivity index (χ4n) is 3.30. The van der Waals surface area contributed by atoms with E-state index in [9.17, 15) is 25.2 Å². The number of aldehydes is 1. The molecule has 0 aliphatic rings. The lowest BCUT2D eigenvalue weighted by molar-refractivity contribution is -0.302. The van der Waals surface area contributed by atoms with Gasteiger partial charge in [-0.25, -0.2) is 0 Å². The van der Waals surface area contributed by atoms with E-state index in [-0.39, 0.29) is 18.3 Å². The number of hydrogen-bond acceptors (Lipinski definition) is 7. The topological polar surface area (TPSA) is 138 Å². The SMILES string of the molecule is CC(=O)[O-].CCCCC(C)C(O)C(O)CC(C)CC(O)CCCCC(O)CC=O. The van der Waals surface area contributed by atoms with E-state index >= 15 is 0 Å². The molecule has 7 heteroatoms. The van der Waals surface area contributed by atoms with Crippen molar-refractivity contribution in [1.29, 1.82) is 0 Å². The Morgan fingerprint density at radius 2 is 1.45 bits per heavy atom. The minimum Gasteiger partial charge on any atom is -0.550 e. The number of aliphatic carboxylic acids is 1. The van der Waals surface area contributed by atoms with E-state index in [1.165, 1.54) is 0 Å². The van der Waals surface area contributed by atoms with Gasteiger partial charge in [0.1, 0.15) is 6.29 Å². The number of carbonyl (C=O) groups is 2. The molecule has 0 saturated heterocycles. The lowest BCUT2D eigenvalue weighted by Gasteiger charge is -2.26. The molecule has 0 aliphatic carbocycles. The Hall–Kier alpha value is -1.02. The number of rotatable bonds is 16. The van der Waals surface area contributed by atoms with Crippen LogP contribution in [0.4, 0.5) is 0 Å². The number of carboxylic acid groups (broad SMARTS) is 1. The van der Waals surface area contributed by atoms with Crippen LogP contribution >= 0.6 is 0 Å². The Morgan fingerprint density at radius 3 is 1.93 bits per heavy atom. The minimum absolute atomic E-state index is 0.0878. The summed E-state index contributed by atoms with van der Waals surface area (Å²) in [6.07, 6.45) is 5.45. The Kier molecular flexibility index (Phi) is 19.7. The first-order valence-electron chi connectivity index (χ1n) is 10.9. The molecule has 0 amide bonds. The summed E-state index contributed by atoms with van der Waals surface area (Å²) in [5.74, 6) is -0.858. The standard InChI is InChI=1S/C20H40O5.C2H4O2/c1-4-5-8-16(3)20(25)19(24)14-15(2)13-18(23)10-7-6-9-17(22)11-12-21;1-2(3)4/h12,15-20,22-25H,4-11,13-14H2,1-3H3;1H3,(H,3,4)/p-1. The van der Waals surface area contributed by atoms with Crippen molar-refractivity contribution >= 4 is 12.3 Å². The Morgan fingerprint density at radius 1 is 0.931 bits per heavy atom. The predicted molar refractivity (Wildman–Crippen MR) is 111 cm³/mol. The zero-order valence-corrected chi connectivity index (χ0v) is 18.6. The molecule has 6 unspecified atom stereocenters. The van der Waals surface area contributed by atoms with Gasteiger partial charge < -0.3 is 35.1 Å². The molecule has 0 heterocycles. The smallest absolute Gasteiger partial charge is 0.122 e. The molecular formula is C22H43O7-. The van der Waals surface area contributed by atoms with Crippen molar-refractivity contribution in [1.82, 2.24) is 0 Å². The summed E-state index contributed by atoms with van der Waals surface area (Å²) in [6.45, 7) is 7.05. The van der Waals surface area contributed by atoms with Gasteiger partial charge >= 0.3 is 0 Å². The maximum Gasteiger partial charge on any atom is 0.122 e. The Bertz CT molecular complexity index is 399. The molecule has 29 heavy (non-hydrogen) atoms. The molecule has 0 radical (unpaired) electrons. The second-order valence-electron chi connectivity index (χ2n) is 8.24. The summed E-state index contributed by atoms with van der Waals surface area (Å²) >= 11 is 0. The molecule has 0 aromatic carbocycles. The van der Waals surface area contributed by atoms with E-state index in [0.717, 1.165) is 45.3 Å². The molecule has 0 fully saturated rings. The van der Waals surface area contributed by atoms with E-state index in [1.807, 2.05) is 13.8 Å². The monoisotopic (exact) mass is 419 g/mol. The highest BCUT2D eigenvalue weighted by Crippen LogP contribution is 2.22. The average Bonchev–Trinajstić information content (AvgIpc) is 2.62. The molecule has 7 nitrogen and oxygen atoms in total. The maximum atomic E-state index is 10.3. The van der Waals surface area contributed by atoms with Gasteiger partial charge in [0.25, 0.3) is 0 Å². The van der Waals surface area contributed by atoms with Crippen LogP contribution in [0.1, 0.15) is 91.9 Å². The first-order valence-corrected chi connectivity index (χ1v) is 10.9. The normalized spacial score (nSPS) is 17.2. The number of aliphatic hydroxyl groups is 4. The summed E-state index contributed by atoms with van der Waals surface area (Å²) in [5, 5.41) is 48.9. The third-order valence-corrected chi connectivity index (χ3v) is 5.00. The molecule has 4 N–H and O–H groups in total. The summed E-state index contributed by atoms with van der Waals surface area (Å²) in [5.41, 5.74) is 0. The van der Waals surface area contributed by atoms with Crippen LogP contribution < -0.4 is 5.11 Å². The molecule has 0 aromatic heterocycles. The van der Waals surface area contributed by atoms with Gasteiger partial charge in [-0.1, -0.05) is 46.5 Å². The molecule has 0 spiro atoms. The molecule has 6 atom stereocenters. The van der Waals surface area contributed by atoms with E-state index in [0.29, 0.717) is 25.7 Å². The van der Waals surface area contributed by atoms with Gasteiger partial charge in [0, 0.05) is 12.4 Å². The lowest BCUT2D eigenvalue weighted by Crippen LogP contribution is -2.34. The summed E-state index contributed by atoms with van der Waals surface area (Å²) < 4.78 is 0. The third kappa shape index (κ3) is 20.0. The van der Waals surface area contributed by atoms with Gasteiger partial charge in [0.05, 0.1) is 24.4 Å². The number of aliphatic hydroxyl groups excluding tert-OH is 4. The quantitative estimate of drug-likeness (QED) is 0.220. The first-order chi connectivity index (χ1) is 13.5. The van der Waals surface area contributed by atoms with Crippen molar-refractivity contribution < 1.29 is 35.1 Å². The maximum absolute atomic E-state index is 10.3. The summed E-state index contributed by atoms with van der Waals surface area (Å²) in [4.78, 5) is 19.2. The number of carboxylic acids is 1. The van der Waals surface area contributed by atoms with Crippen LogP contribution in [0.2, 0.25) is 0 Å². The molecule has 174 valence electrons. The van der Waals surface area contributed by atoms with Gasteiger partial charge in [0.15, 0.2) is 0 Å². The van der Waals surface area contributed by atoms with Crippen molar-refractivity contribution in [2.24, 2.45) is 11.8 Å². The third-order valence-electron chi connectivity index (χ3n) is 5.00. The van der Waals surface area contributed by atoms with E-state index in [4.69, 9.17) is 9.90 Å². The molecule has 0 rings (SSSR count). The molecule has 0 aromatic rings. The first kappa shape index (κ1) is 30.2. The Labute approximate surface area is 176 Å². The van der Waals surface area contributed by atoms with Crippen LogP contribution in [0, 0.1) is 11.8 Å². The highest BCUT2D eigenvalue weighted by atomic mass is 16.4. The van der Waals surface area contributed by atoms with Crippen LogP contribution in [0.15, 0.2) is 0 Å². The van der Waals surface area contributed by atoms with Crippen LogP contribution in [-0.2, 0) is 9.59 Å². The molecular weight excluding hydrogens is 376 g/mol. The van der Waals surface area contributed by atoms with E-state index < -0.39 is 30.4 Å². The lowest BCUT2D eigenvalue weighted by atomic mass is 9.88. The highest BCUT2D eigenvalue weighted by molar-refractivity contribution is 5.60. The molecule has 0 bridgehead atoms. The van der Waals surface area contributed by atoms with Crippen LogP contribution in [0.3, 0.4) is 0 Å². The van der Waals surface area contributed by atoms with Crippen LogP contribution in [0.5, 0.6) is 0 Å². The average molecular weight is 420 g/mol. The van der Waals surface area contributed by atoms with E-state index in [1.54, 1.807) is 0 Å². The largest absolute Gasteiger partial charge is 0.550 e. The van der Waals surface area contributed by atoms with Crippen molar-refractivity contribution in [3.63, 3.8) is 0 Å². The minimum atomic E-state index is -1.08. The molecule has 0 aliphatic heterocycles. The number of unbranched alkanes of at least 4 members (excludes halogenated alkanes) is 2. The van der Waals surface area contributed by atoms with Gasteiger partial charge in [-0.2, -0.15) is 0 Å². The predicted octanol–water partition coefficient (Wildman–Crippen LogP) is 1.58. The molecule has 0 saturated carbocycles. The summed E-state index contributed by atoms with van der Waals surface area (Å²) in [6, 6.07) is 0. The van der Waals surface area contributed by atoms with Gasteiger partial charge in [-0.05, 0) is 50.9 Å². The zero-order chi connectivity index (χ0) is 22.8. The second kappa shape index (κ2) is 19.0. The van der Waals surface area contributed by atoms with Gasteiger partial charge in [0.2, 0.25) is 0 Å². The number of carbonyl (C=O) groups excluding carboxylic acids is 2. The van der Waals surface area contributed by atoms with Gasteiger partial charge in [-0.15, -0.1) is 0 Å². The van der Waals surface area contributed by atoms with E-state index in [2.05, 4.69) is 6.92 Å². The van der Waals surface area contributed by atoms with Crippen molar-refractivity contribution in [3.8, 4) is 0 Å². The van der Waals surface area contributed by atoms with Crippen LogP contribution in [-0.4, -0.2) is 57.1 Å². The fraction of sp³-hybridized carbons (Fsp3) is 0.909. The van der Waals surface area contributed by atoms with Crippen molar-refractivity contribution in [2.45, 2.75) is 116 Å². The second-order valence-corrected chi connectivity index (χ2v) is 8.24. The van der Waals surface area contributed by atoms with Gasteiger partial charge in [-0.3, -0.25) is 0 Å². The summed E-state index contributed by atoms with van der Waals surface area (Å²) in [7, 11) is 0. The van der Waals surface area contributed by atoms with Crippen molar-refractivity contribution in [2.75, 3.05) is 0 Å². The zero-order valence-electron chi connectivity index (χ0n) is 18.6. The van der Waals surface area contributed by atoms with Crippen LogP contribution in [0.25, 0.3) is 0 Å². The Balaban J connectivity index is 0.